The predicted molar refractivity (Wildman–Crippen MR) is 98.1 cm³/mol. The fraction of sp³-hybridized carbons (Fsp3) is 0.471. The maximum Gasteiger partial charge on any atom is 0.268 e. The third-order valence-electron chi connectivity index (χ3n) is 4.41. The molecule has 0 spiro atoms. The number of carbonyl (C=O) groups is 1. The molecule has 0 bridgehead atoms. The van der Waals surface area contributed by atoms with E-state index in [0.717, 1.165) is 17.7 Å². The van der Waals surface area contributed by atoms with Crippen LogP contribution in [0.3, 0.4) is 0 Å². The van der Waals surface area contributed by atoms with Gasteiger partial charge in [0.2, 0.25) is 10.0 Å². The number of rotatable bonds is 6. The van der Waals surface area contributed by atoms with Crippen LogP contribution in [-0.2, 0) is 10.0 Å². The number of carbonyl (C=O) groups excluding carboxylic acids is 1. The molecule has 3 rings (SSSR count). The van der Waals surface area contributed by atoms with E-state index in [1.165, 1.54) is 16.6 Å². The first-order chi connectivity index (χ1) is 11.9. The summed E-state index contributed by atoms with van der Waals surface area (Å²) in [4.78, 5) is 16.6. The Morgan fingerprint density at radius 1 is 1.32 bits per heavy atom. The maximum atomic E-state index is 12.6. The minimum Gasteiger partial charge on any atom is -0.356 e. The van der Waals surface area contributed by atoms with Crippen LogP contribution in [0.5, 0.6) is 0 Å². The van der Waals surface area contributed by atoms with Crippen molar-refractivity contribution < 1.29 is 13.2 Å². The van der Waals surface area contributed by atoms with Crippen LogP contribution in [0.15, 0.2) is 34.7 Å². The summed E-state index contributed by atoms with van der Waals surface area (Å²) in [7, 11) is -3.52. The average Bonchev–Trinajstić information content (AvgIpc) is 3.34. The Balaban J connectivity index is 1.76. The molecule has 1 fully saturated rings. The van der Waals surface area contributed by atoms with Gasteiger partial charge in [0.1, 0.15) is 10.6 Å². The Morgan fingerprint density at radius 3 is 2.64 bits per heavy atom. The topological polar surface area (TPSA) is 82.3 Å². The van der Waals surface area contributed by atoms with Gasteiger partial charge in [-0.3, -0.25) is 4.79 Å². The molecule has 0 unspecified atom stereocenters. The van der Waals surface area contributed by atoms with Crippen molar-refractivity contribution in [1.29, 1.82) is 0 Å². The molecule has 0 aliphatic carbocycles. The average molecular weight is 382 g/mol. The molecule has 0 aromatic carbocycles. The highest BCUT2D eigenvalue weighted by molar-refractivity contribution is 7.89. The van der Waals surface area contributed by atoms with Crippen LogP contribution in [0.25, 0.3) is 0 Å². The standard InChI is InChI=1S/C17H23N3O3S2/c1-12(2)16(15-6-5-9-24-15)19-17(21)14-10-13(11-18-14)25(22,23)20-7-3-4-8-20/h5-6,9-12,16,18H,3-4,7-8H2,1-2H3,(H,19,21)/t16-/m0/s1. The van der Waals surface area contributed by atoms with Gasteiger partial charge in [-0.2, -0.15) is 4.31 Å². The summed E-state index contributed by atoms with van der Waals surface area (Å²) in [5, 5.41) is 4.98. The van der Waals surface area contributed by atoms with Crippen LogP contribution in [0.4, 0.5) is 0 Å². The van der Waals surface area contributed by atoms with Gasteiger partial charge in [-0.05, 0) is 36.3 Å². The van der Waals surface area contributed by atoms with Crippen molar-refractivity contribution in [2.75, 3.05) is 13.1 Å². The van der Waals surface area contributed by atoms with Crippen molar-refractivity contribution in [1.82, 2.24) is 14.6 Å². The normalized spacial score (nSPS) is 17.1. The van der Waals surface area contributed by atoms with Crippen molar-refractivity contribution in [3.8, 4) is 0 Å². The summed E-state index contributed by atoms with van der Waals surface area (Å²) < 4.78 is 26.6. The molecule has 2 aromatic rings. The molecule has 1 saturated heterocycles. The SMILES string of the molecule is CC(C)[C@H](NC(=O)c1cc(S(=O)(=O)N2CCCC2)c[nH]1)c1cccs1. The number of hydrogen-bond acceptors (Lipinski definition) is 4. The van der Waals surface area contributed by atoms with Gasteiger partial charge in [0.15, 0.2) is 0 Å². The van der Waals surface area contributed by atoms with Crippen molar-refractivity contribution >= 4 is 27.3 Å². The van der Waals surface area contributed by atoms with Crippen molar-refractivity contribution in [2.24, 2.45) is 5.92 Å². The second-order valence-electron chi connectivity index (χ2n) is 6.57. The molecular formula is C17H23N3O3S2. The molecule has 2 aromatic heterocycles. The molecule has 1 amide bonds. The molecule has 25 heavy (non-hydrogen) atoms. The summed E-state index contributed by atoms with van der Waals surface area (Å²) in [5.74, 6) is -0.0691. The summed E-state index contributed by atoms with van der Waals surface area (Å²) in [6.45, 7) is 5.18. The van der Waals surface area contributed by atoms with E-state index in [-0.39, 0.29) is 28.5 Å². The van der Waals surface area contributed by atoms with Gasteiger partial charge < -0.3 is 10.3 Å². The molecule has 1 atom stereocenters. The third kappa shape index (κ3) is 3.80. The van der Waals surface area contributed by atoms with Crippen molar-refractivity contribution in [3.63, 3.8) is 0 Å². The lowest BCUT2D eigenvalue weighted by Gasteiger charge is -2.20. The molecule has 8 heteroatoms. The molecule has 2 N–H and O–H groups in total. The van der Waals surface area contributed by atoms with Crippen LogP contribution in [0.2, 0.25) is 0 Å². The quantitative estimate of drug-likeness (QED) is 0.807. The highest BCUT2D eigenvalue weighted by Crippen LogP contribution is 2.26. The molecule has 6 nitrogen and oxygen atoms in total. The van der Waals surface area contributed by atoms with Crippen LogP contribution in [0.1, 0.15) is 48.1 Å². The Bertz CT molecular complexity index is 819. The number of aromatic nitrogens is 1. The fourth-order valence-corrected chi connectivity index (χ4v) is 5.45. The zero-order valence-corrected chi connectivity index (χ0v) is 16.0. The molecule has 136 valence electrons. The van der Waals surface area contributed by atoms with E-state index in [9.17, 15) is 13.2 Å². The zero-order valence-electron chi connectivity index (χ0n) is 14.4. The molecule has 3 heterocycles. The Labute approximate surface area is 152 Å². The lowest BCUT2D eigenvalue weighted by molar-refractivity contribution is 0.0922. The van der Waals surface area contributed by atoms with Gasteiger partial charge in [-0.1, -0.05) is 19.9 Å². The monoisotopic (exact) mass is 381 g/mol. The van der Waals surface area contributed by atoms with Crippen LogP contribution >= 0.6 is 11.3 Å². The smallest absolute Gasteiger partial charge is 0.268 e. The Morgan fingerprint density at radius 2 is 2.04 bits per heavy atom. The van der Waals surface area contributed by atoms with Crippen molar-refractivity contribution in [3.05, 3.63) is 40.3 Å². The van der Waals surface area contributed by atoms with Gasteiger partial charge in [0, 0.05) is 24.2 Å². The first kappa shape index (κ1) is 18.2. The summed E-state index contributed by atoms with van der Waals surface area (Å²) in [5.41, 5.74) is 0.264. The lowest BCUT2D eigenvalue weighted by atomic mass is 10.0. The van der Waals surface area contributed by atoms with Crippen LogP contribution < -0.4 is 5.32 Å². The number of thiophene rings is 1. The minimum absolute atomic E-state index is 0.102. The van der Waals surface area contributed by atoms with E-state index in [4.69, 9.17) is 0 Å². The van der Waals surface area contributed by atoms with E-state index < -0.39 is 10.0 Å². The Kier molecular flexibility index (Phi) is 5.31. The molecule has 1 aliphatic heterocycles. The lowest BCUT2D eigenvalue weighted by Crippen LogP contribution is -2.31. The first-order valence-electron chi connectivity index (χ1n) is 8.42. The van der Waals surface area contributed by atoms with Crippen molar-refractivity contribution in [2.45, 2.75) is 37.6 Å². The molecule has 0 saturated carbocycles. The first-order valence-corrected chi connectivity index (χ1v) is 10.7. The summed E-state index contributed by atoms with van der Waals surface area (Å²) in [6, 6.07) is 5.27. The van der Waals surface area contributed by atoms with Crippen LogP contribution in [0, 0.1) is 5.92 Å². The highest BCUT2D eigenvalue weighted by atomic mass is 32.2. The molecular weight excluding hydrogens is 358 g/mol. The zero-order chi connectivity index (χ0) is 18.0. The minimum atomic E-state index is -3.52. The van der Waals surface area contributed by atoms with Gasteiger partial charge >= 0.3 is 0 Å². The van der Waals surface area contributed by atoms with E-state index in [2.05, 4.69) is 10.3 Å². The fourth-order valence-electron chi connectivity index (χ4n) is 2.99. The van der Waals surface area contributed by atoms with E-state index in [1.807, 2.05) is 31.4 Å². The number of H-pyrrole nitrogens is 1. The second kappa shape index (κ2) is 7.31. The number of sulfonamides is 1. The van der Waals surface area contributed by atoms with Gasteiger partial charge in [-0.25, -0.2) is 8.42 Å². The number of aromatic amines is 1. The number of hydrogen-bond donors (Lipinski definition) is 2. The van der Waals surface area contributed by atoms with Gasteiger partial charge in [-0.15, -0.1) is 11.3 Å². The number of nitrogens with zero attached hydrogens (tertiary/aromatic N) is 1. The molecule has 0 radical (unpaired) electrons. The predicted octanol–water partition coefficient (Wildman–Crippen LogP) is 2.99. The van der Waals surface area contributed by atoms with E-state index in [1.54, 1.807) is 11.3 Å². The van der Waals surface area contributed by atoms with Crippen LogP contribution in [-0.4, -0.2) is 36.7 Å². The number of amides is 1. The number of nitrogens with one attached hydrogen (secondary N) is 2. The van der Waals surface area contributed by atoms with E-state index in [0.29, 0.717) is 13.1 Å². The highest BCUT2D eigenvalue weighted by Gasteiger charge is 2.29. The summed E-state index contributed by atoms with van der Waals surface area (Å²) >= 11 is 1.60. The van der Waals surface area contributed by atoms with E-state index >= 15 is 0 Å². The third-order valence-corrected chi connectivity index (χ3v) is 7.24. The van der Waals surface area contributed by atoms with Gasteiger partial charge in [0.05, 0.1) is 6.04 Å². The maximum absolute atomic E-state index is 12.6. The van der Waals surface area contributed by atoms with Gasteiger partial charge in [0.25, 0.3) is 5.91 Å². The summed E-state index contributed by atoms with van der Waals surface area (Å²) in [6.07, 6.45) is 3.17. The molecule has 1 aliphatic rings. The largest absolute Gasteiger partial charge is 0.356 e. The second-order valence-corrected chi connectivity index (χ2v) is 9.49. The Hall–Kier alpha value is -1.64.